The summed E-state index contributed by atoms with van der Waals surface area (Å²) in [5.41, 5.74) is 20.6. The van der Waals surface area contributed by atoms with Gasteiger partial charge in [0.15, 0.2) is 5.84 Å². The second-order valence-corrected chi connectivity index (χ2v) is 16.2. The summed E-state index contributed by atoms with van der Waals surface area (Å²) in [5.74, 6) is 0.706. The first kappa shape index (κ1) is 39.2. The van der Waals surface area contributed by atoms with E-state index in [-0.39, 0.29) is 0 Å². The standard InChI is InChI=1S/C61H46N2/c1-43-26-39-59(56-23-11-20-53(40-56)50-33-27-47(28-34-50)44-14-5-2-6-15-44)62-61(58-25-13-22-55(42-58)52-37-31-49(32-38-52)46-18-9-4-10-19-46)63-60(43)57-24-12-21-54(41-57)51-35-29-48(30-36-51)45-16-7-3-8-17-45/h2-25,27-38,40-42H,26,39H2,1H3/b60-43+,62-59?,63-61?. The molecule has 0 unspecified atom stereocenters. The SMILES string of the molecule is C/C1=C(/c2cccc(-c3ccc(-c4ccccc4)cc3)c2)N=C(c2cccc(-c3ccc(-c4ccccc4)cc3)c2)N=C(c2cccc(-c3ccc(-c4ccccc4)cc3)c2)CC1. The highest BCUT2D eigenvalue weighted by Crippen LogP contribution is 2.34. The van der Waals surface area contributed by atoms with Crippen LogP contribution >= 0.6 is 0 Å². The first-order valence-corrected chi connectivity index (χ1v) is 21.8. The van der Waals surface area contributed by atoms with Gasteiger partial charge in [0.25, 0.3) is 0 Å². The van der Waals surface area contributed by atoms with Crippen molar-refractivity contribution >= 4 is 17.2 Å². The summed E-state index contributed by atoms with van der Waals surface area (Å²) in [5, 5.41) is 0. The van der Waals surface area contributed by atoms with Gasteiger partial charge in [0, 0.05) is 11.1 Å². The molecule has 0 atom stereocenters. The van der Waals surface area contributed by atoms with Crippen LogP contribution in [0.1, 0.15) is 36.5 Å². The van der Waals surface area contributed by atoms with E-state index in [0.29, 0.717) is 5.84 Å². The molecule has 63 heavy (non-hydrogen) atoms. The number of hydrogen-bond acceptors (Lipinski definition) is 2. The molecule has 0 saturated heterocycles. The molecule has 0 aliphatic carbocycles. The van der Waals surface area contributed by atoms with Crippen molar-refractivity contribution in [3.63, 3.8) is 0 Å². The van der Waals surface area contributed by atoms with Crippen molar-refractivity contribution < 1.29 is 0 Å². The normalized spacial score (nSPS) is 14.0. The predicted octanol–water partition coefficient (Wildman–Crippen LogP) is 16.1. The lowest BCUT2D eigenvalue weighted by molar-refractivity contribution is 1.00. The van der Waals surface area contributed by atoms with Crippen LogP contribution in [0.3, 0.4) is 0 Å². The molecule has 0 spiro atoms. The smallest absolute Gasteiger partial charge is 0.160 e. The number of allylic oxidation sites excluding steroid dienone is 1. The molecule has 10 rings (SSSR count). The van der Waals surface area contributed by atoms with Crippen LogP contribution in [-0.4, -0.2) is 11.5 Å². The van der Waals surface area contributed by atoms with Crippen LogP contribution in [0.4, 0.5) is 0 Å². The minimum absolute atomic E-state index is 0.706. The van der Waals surface area contributed by atoms with Crippen LogP contribution in [0.2, 0.25) is 0 Å². The van der Waals surface area contributed by atoms with Gasteiger partial charge in [-0.05, 0) is 116 Å². The largest absolute Gasteiger partial charge is 0.232 e. The maximum absolute atomic E-state index is 5.54. The number of aliphatic imine (C=N–C) groups is 2. The lowest BCUT2D eigenvalue weighted by Crippen LogP contribution is -2.11. The highest BCUT2D eigenvalue weighted by atomic mass is 14.9. The minimum Gasteiger partial charge on any atom is -0.232 e. The van der Waals surface area contributed by atoms with Crippen molar-refractivity contribution in [3.05, 3.63) is 259 Å². The van der Waals surface area contributed by atoms with E-state index in [9.17, 15) is 0 Å². The average molecular weight is 807 g/mol. The Balaban J connectivity index is 1.03. The van der Waals surface area contributed by atoms with Crippen LogP contribution < -0.4 is 0 Å². The van der Waals surface area contributed by atoms with Gasteiger partial charge in [0.2, 0.25) is 0 Å². The fraction of sp³-hybridized carbons (Fsp3) is 0.0492. The van der Waals surface area contributed by atoms with E-state index in [1.807, 2.05) is 0 Å². The van der Waals surface area contributed by atoms with Gasteiger partial charge in [0.05, 0.1) is 11.4 Å². The second-order valence-electron chi connectivity index (χ2n) is 16.2. The van der Waals surface area contributed by atoms with Crippen LogP contribution in [-0.2, 0) is 0 Å². The van der Waals surface area contributed by atoms with Gasteiger partial charge >= 0.3 is 0 Å². The molecule has 1 aliphatic heterocycles. The Labute approximate surface area is 371 Å². The number of nitrogens with zero attached hydrogens (tertiary/aromatic N) is 2. The third-order valence-corrected chi connectivity index (χ3v) is 12.0. The number of amidine groups is 1. The summed E-state index contributed by atoms with van der Waals surface area (Å²) in [4.78, 5) is 11.1. The van der Waals surface area contributed by atoms with Crippen LogP contribution in [0, 0.1) is 0 Å². The first-order chi connectivity index (χ1) is 31.1. The summed E-state index contributed by atoms with van der Waals surface area (Å²) in [7, 11) is 0. The van der Waals surface area contributed by atoms with E-state index in [0.717, 1.165) is 63.2 Å². The van der Waals surface area contributed by atoms with Crippen LogP contribution in [0.25, 0.3) is 72.5 Å². The molecule has 0 aromatic heterocycles. The van der Waals surface area contributed by atoms with E-state index < -0.39 is 0 Å². The molecule has 0 fully saturated rings. The van der Waals surface area contributed by atoms with Gasteiger partial charge in [0.1, 0.15) is 0 Å². The maximum atomic E-state index is 5.54. The topological polar surface area (TPSA) is 24.7 Å². The van der Waals surface area contributed by atoms with Crippen LogP contribution in [0.5, 0.6) is 0 Å². The summed E-state index contributed by atoms with van der Waals surface area (Å²) in [6.07, 6.45) is 1.62. The van der Waals surface area contributed by atoms with Crippen molar-refractivity contribution in [2.45, 2.75) is 19.8 Å². The zero-order valence-electron chi connectivity index (χ0n) is 35.3. The first-order valence-electron chi connectivity index (χ1n) is 21.8. The quantitative estimate of drug-likeness (QED) is 0.139. The molecule has 300 valence electrons. The molecule has 9 aromatic rings. The van der Waals surface area contributed by atoms with Gasteiger partial charge in [-0.3, -0.25) is 0 Å². The summed E-state index contributed by atoms with van der Waals surface area (Å²) in [6.45, 7) is 2.23. The van der Waals surface area contributed by atoms with E-state index in [4.69, 9.17) is 9.98 Å². The fourth-order valence-corrected chi connectivity index (χ4v) is 8.50. The molecular formula is C61H46N2. The van der Waals surface area contributed by atoms with Crippen molar-refractivity contribution in [2.24, 2.45) is 9.98 Å². The summed E-state index contributed by atoms with van der Waals surface area (Å²) < 4.78 is 0. The van der Waals surface area contributed by atoms with Crippen LogP contribution in [0.15, 0.2) is 252 Å². The van der Waals surface area contributed by atoms with Gasteiger partial charge in [-0.25, -0.2) is 9.98 Å². The van der Waals surface area contributed by atoms with E-state index in [1.54, 1.807) is 0 Å². The Morgan fingerprint density at radius 3 is 0.984 bits per heavy atom. The van der Waals surface area contributed by atoms with Gasteiger partial charge in [-0.2, -0.15) is 0 Å². The maximum Gasteiger partial charge on any atom is 0.160 e. The molecule has 2 nitrogen and oxygen atoms in total. The molecule has 9 aromatic carbocycles. The second kappa shape index (κ2) is 18.0. The lowest BCUT2D eigenvalue weighted by atomic mass is 9.94. The Hall–Kier alpha value is -7.94. The molecule has 0 bridgehead atoms. The fourth-order valence-electron chi connectivity index (χ4n) is 8.50. The Morgan fingerprint density at radius 1 is 0.254 bits per heavy atom. The zero-order valence-corrected chi connectivity index (χ0v) is 35.3. The zero-order chi connectivity index (χ0) is 42.4. The average Bonchev–Trinajstić information content (AvgIpc) is 3.36. The number of rotatable bonds is 9. The monoisotopic (exact) mass is 806 g/mol. The van der Waals surface area contributed by atoms with Crippen molar-refractivity contribution in [1.29, 1.82) is 0 Å². The van der Waals surface area contributed by atoms with Crippen molar-refractivity contribution in [2.75, 3.05) is 0 Å². The van der Waals surface area contributed by atoms with Gasteiger partial charge in [-0.15, -0.1) is 0 Å². The molecule has 0 radical (unpaired) electrons. The molecule has 1 heterocycles. The third-order valence-electron chi connectivity index (χ3n) is 12.0. The minimum atomic E-state index is 0.706. The molecule has 0 N–H and O–H groups in total. The number of hydrogen-bond donors (Lipinski definition) is 0. The summed E-state index contributed by atoms with van der Waals surface area (Å²) in [6, 6.07) is 84.5. The van der Waals surface area contributed by atoms with E-state index in [2.05, 4.69) is 244 Å². The molecule has 0 saturated carbocycles. The molecule has 1 aliphatic rings. The Morgan fingerprint density at radius 2 is 0.556 bits per heavy atom. The predicted molar refractivity (Wildman–Crippen MR) is 267 cm³/mol. The molecular weight excluding hydrogens is 761 g/mol. The van der Waals surface area contributed by atoms with E-state index >= 15 is 0 Å². The lowest BCUT2D eigenvalue weighted by Gasteiger charge is -2.18. The highest BCUT2D eigenvalue weighted by molar-refractivity contribution is 6.14. The Kier molecular flexibility index (Phi) is 11.2. The number of benzene rings is 9. The van der Waals surface area contributed by atoms with Gasteiger partial charge in [-0.1, -0.05) is 218 Å². The molecule has 2 heteroatoms. The summed E-state index contributed by atoms with van der Waals surface area (Å²) >= 11 is 0. The third kappa shape index (κ3) is 8.80. The van der Waals surface area contributed by atoms with Gasteiger partial charge < -0.3 is 0 Å². The van der Waals surface area contributed by atoms with E-state index in [1.165, 1.54) is 50.1 Å². The highest BCUT2D eigenvalue weighted by Gasteiger charge is 2.18. The Bertz CT molecular complexity index is 3100. The van der Waals surface area contributed by atoms with Crippen molar-refractivity contribution in [1.82, 2.24) is 0 Å². The van der Waals surface area contributed by atoms with Crippen molar-refractivity contribution in [3.8, 4) is 66.8 Å². The molecule has 0 amide bonds.